The molecule has 132 valence electrons. The van der Waals surface area contributed by atoms with E-state index in [1.807, 2.05) is 66.7 Å². The van der Waals surface area contributed by atoms with Crippen LogP contribution in [-0.4, -0.2) is 12.9 Å². The zero-order valence-electron chi connectivity index (χ0n) is 15.3. The molecule has 0 heterocycles. The highest BCUT2D eigenvalue weighted by molar-refractivity contribution is 6.13. The van der Waals surface area contributed by atoms with Gasteiger partial charge in [-0.15, -0.1) is 6.42 Å². The molecule has 0 aromatic heterocycles. The van der Waals surface area contributed by atoms with Crippen LogP contribution in [0.4, 0.5) is 0 Å². The van der Waals surface area contributed by atoms with Crippen molar-refractivity contribution in [2.75, 3.05) is 7.11 Å². The van der Waals surface area contributed by atoms with E-state index in [4.69, 9.17) is 11.2 Å². The molecule has 2 heteroatoms. The number of hydrogen-bond acceptors (Lipinski definition) is 2. The summed E-state index contributed by atoms with van der Waals surface area (Å²) in [6.07, 6.45) is 5.38. The lowest BCUT2D eigenvalue weighted by Crippen LogP contribution is -1.99. The van der Waals surface area contributed by atoms with Crippen molar-refractivity contribution >= 4 is 27.3 Å². The summed E-state index contributed by atoms with van der Waals surface area (Å²) in [5, 5.41) is 3.98. The second-order valence-corrected chi connectivity index (χ2v) is 6.30. The lowest BCUT2D eigenvalue weighted by atomic mass is 9.96. The van der Waals surface area contributed by atoms with Gasteiger partial charge >= 0.3 is 0 Å². The van der Waals surface area contributed by atoms with E-state index in [1.54, 1.807) is 13.2 Å². The van der Waals surface area contributed by atoms with Gasteiger partial charge in [0.05, 0.1) is 12.7 Å². The molecule has 0 radical (unpaired) electrons. The third-order valence-electron chi connectivity index (χ3n) is 4.73. The number of fused-ring (bicyclic) bond motifs is 2. The fraction of sp³-hybridized carbons (Fsp3) is 0.0385. The minimum Gasteiger partial charge on any atom is -0.495 e. The summed E-state index contributed by atoms with van der Waals surface area (Å²) < 4.78 is 5.53. The lowest BCUT2D eigenvalue weighted by Gasteiger charge is -2.08. The normalized spacial score (nSPS) is 10.1. The summed E-state index contributed by atoms with van der Waals surface area (Å²) in [7, 11) is 1.63. The van der Waals surface area contributed by atoms with Gasteiger partial charge in [-0.2, -0.15) is 0 Å². The first-order chi connectivity index (χ1) is 13.7. The van der Waals surface area contributed by atoms with E-state index in [0.717, 1.165) is 27.1 Å². The molecule has 0 amide bonds. The van der Waals surface area contributed by atoms with Gasteiger partial charge in [-0.05, 0) is 34.2 Å². The molecule has 0 bridgehead atoms. The van der Waals surface area contributed by atoms with Gasteiger partial charge in [-0.25, -0.2) is 0 Å². The summed E-state index contributed by atoms with van der Waals surface area (Å²) in [4.78, 5) is 12.3. The van der Waals surface area contributed by atoms with E-state index in [2.05, 4.69) is 17.8 Å². The molecule has 0 atom stereocenters. The van der Waals surface area contributed by atoms with Gasteiger partial charge in [0.15, 0.2) is 0 Å². The highest BCUT2D eigenvalue weighted by Gasteiger charge is 2.12. The Labute approximate surface area is 163 Å². The molecule has 0 aliphatic heterocycles. The van der Waals surface area contributed by atoms with E-state index in [-0.39, 0.29) is 5.78 Å². The zero-order valence-corrected chi connectivity index (χ0v) is 15.3. The number of carbonyl (C=O) groups is 1. The van der Waals surface area contributed by atoms with Crippen molar-refractivity contribution in [3.8, 4) is 29.9 Å². The molecule has 4 aromatic carbocycles. The van der Waals surface area contributed by atoms with Crippen molar-refractivity contribution in [1.82, 2.24) is 0 Å². The van der Waals surface area contributed by atoms with Crippen LogP contribution in [0, 0.1) is 24.2 Å². The van der Waals surface area contributed by atoms with Gasteiger partial charge in [0.25, 0.3) is 0 Å². The first kappa shape index (κ1) is 17.4. The minimum absolute atomic E-state index is 0.375. The van der Waals surface area contributed by atoms with Crippen molar-refractivity contribution in [2.24, 2.45) is 0 Å². The van der Waals surface area contributed by atoms with Crippen molar-refractivity contribution < 1.29 is 9.53 Å². The zero-order chi connectivity index (χ0) is 19.5. The largest absolute Gasteiger partial charge is 0.495 e. The van der Waals surface area contributed by atoms with Crippen LogP contribution in [0.25, 0.3) is 21.5 Å². The first-order valence-corrected chi connectivity index (χ1v) is 8.83. The molecular formula is C26H16O2. The monoisotopic (exact) mass is 360 g/mol. The Morgan fingerprint density at radius 2 is 1.36 bits per heavy atom. The van der Waals surface area contributed by atoms with Crippen LogP contribution in [0.3, 0.4) is 0 Å². The van der Waals surface area contributed by atoms with E-state index in [0.29, 0.717) is 16.9 Å². The average Bonchev–Trinajstić information content (AvgIpc) is 2.76. The molecule has 0 unspecified atom stereocenters. The Morgan fingerprint density at radius 1 is 0.786 bits per heavy atom. The third-order valence-corrected chi connectivity index (χ3v) is 4.73. The summed E-state index contributed by atoms with van der Waals surface area (Å²) in [6, 6.07) is 23.4. The Balaban J connectivity index is 2.01. The SMILES string of the molecule is C#CC(=O)c1ccc2ccccc2c1C#Cc1c(OC)ccc2ccccc12. The van der Waals surface area contributed by atoms with Gasteiger partial charge in [0.2, 0.25) is 5.78 Å². The quantitative estimate of drug-likeness (QED) is 0.278. The molecule has 0 N–H and O–H groups in total. The first-order valence-electron chi connectivity index (χ1n) is 8.83. The van der Waals surface area contributed by atoms with Crippen LogP contribution in [-0.2, 0) is 0 Å². The van der Waals surface area contributed by atoms with Crippen molar-refractivity contribution in [2.45, 2.75) is 0 Å². The molecule has 0 aliphatic carbocycles. The second-order valence-electron chi connectivity index (χ2n) is 6.30. The number of hydrogen-bond donors (Lipinski definition) is 0. The van der Waals surface area contributed by atoms with Gasteiger partial charge in [0, 0.05) is 16.5 Å². The van der Waals surface area contributed by atoms with Crippen molar-refractivity contribution in [1.29, 1.82) is 0 Å². The van der Waals surface area contributed by atoms with Gasteiger partial charge < -0.3 is 4.74 Å². The molecule has 4 aromatic rings. The molecule has 0 saturated heterocycles. The van der Waals surface area contributed by atoms with Crippen LogP contribution in [0.15, 0.2) is 72.8 Å². The molecule has 0 fully saturated rings. The Kier molecular flexibility index (Phi) is 4.55. The van der Waals surface area contributed by atoms with E-state index in [1.165, 1.54) is 0 Å². The number of ether oxygens (including phenoxy) is 1. The molecule has 2 nitrogen and oxygen atoms in total. The number of Topliss-reactive ketones (excluding diaryl/α,β-unsaturated/α-hetero) is 1. The number of benzene rings is 4. The van der Waals surface area contributed by atoms with E-state index < -0.39 is 0 Å². The third kappa shape index (κ3) is 2.98. The fourth-order valence-corrected chi connectivity index (χ4v) is 3.35. The summed E-state index contributed by atoms with van der Waals surface area (Å²) in [5.74, 6) is 8.97. The number of carbonyl (C=O) groups excluding carboxylic acids is 1. The molecule has 0 saturated carbocycles. The maximum Gasteiger partial charge on any atom is 0.236 e. The molecular weight excluding hydrogens is 344 g/mol. The Morgan fingerprint density at radius 3 is 2.00 bits per heavy atom. The van der Waals surface area contributed by atoms with Gasteiger partial charge in [-0.1, -0.05) is 72.5 Å². The standard InChI is InChI=1S/C26H16O2/c1-3-25(27)23-14-12-18-8-4-6-10-20(18)22(23)15-16-24-21-11-7-5-9-19(21)13-17-26(24)28-2/h1,4-14,17H,2H3. The van der Waals surface area contributed by atoms with Crippen molar-refractivity contribution in [3.63, 3.8) is 0 Å². The lowest BCUT2D eigenvalue weighted by molar-refractivity contribution is 0.105. The molecule has 28 heavy (non-hydrogen) atoms. The number of rotatable bonds is 2. The molecule has 0 spiro atoms. The van der Waals surface area contributed by atoms with Crippen LogP contribution in [0.1, 0.15) is 21.5 Å². The molecule has 4 rings (SSSR count). The smallest absolute Gasteiger partial charge is 0.236 e. The number of methoxy groups -OCH3 is 1. The van der Waals surface area contributed by atoms with Crippen LogP contribution >= 0.6 is 0 Å². The van der Waals surface area contributed by atoms with Crippen LogP contribution in [0.5, 0.6) is 5.75 Å². The summed E-state index contributed by atoms with van der Waals surface area (Å²) in [5.41, 5.74) is 1.86. The Bertz CT molecular complexity index is 1330. The second kappa shape index (κ2) is 7.31. The highest BCUT2D eigenvalue weighted by atomic mass is 16.5. The molecule has 0 aliphatic rings. The summed E-state index contributed by atoms with van der Waals surface area (Å²) >= 11 is 0. The van der Waals surface area contributed by atoms with E-state index in [9.17, 15) is 4.79 Å². The maximum absolute atomic E-state index is 12.3. The average molecular weight is 360 g/mol. The van der Waals surface area contributed by atoms with Crippen LogP contribution in [0.2, 0.25) is 0 Å². The van der Waals surface area contributed by atoms with Crippen molar-refractivity contribution in [3.05, 3.63) is 89.5 Å². The highest BCUT2D eigenvalue weighted by Crippen LogP contribution is 2.28. The minimum atomic E-state index is -0.375. The van der Waals surface area contributed by atoms with Gasteiger partial charge in [0.1, 0.15) is 5.75 Å². The number of terminal acetylenes is 1. The van der Waals surface area contributed by atoms with Crippen LogP contribution < -0.4 is 4.74 Å². The van der Waals surface area contributed by atoms with Gasteiger partial charge in [-0.3, -0.25) is 4.79 Å². The fourth-order valence-electron chi connectivity index (χ4n) is 3.35. The predicted molar refractivity (Wildman–Crippen MR) is 114 cm³/mol. The number of ketones is 1. The predicted octanol–water partition coefficient (Wildman–Crippen LogP) is 5.22. The Hall–Kier alpha value is -4.01. The maximum atomic E-state index is 12.3. The summed E-state index contributed by atoms with van der Waals surface area (Å²) in [6.45, 7) is 0. The van der Waals surface area contributed by atoms with E-state index >= 15 is 0 Å². The topological polar surface area (TPSA) is 26.3 Å².